The van der Waals surface area contributed by atoms with E-state index in [1.165, 1.54) is 11.3 Å². The van der Waals surface area contributed by atoms with Crippen LogP contribution in [0, 0.1) is 18.3 Å². The molecule has 1 aromatic heterocycles. The molecule has 2 aromatic rings. The molecule has 0 N–H and O–H groups in total. The number of benzene rings is 1. The Labute approximate surface area is 116 Å². The van der Waals surface area contributed by atoms with Crippen LogP contribution in [0.3, 0.4) is 0 Å². The first kappa shape index (κ1) is 13.4. The van der Waals surface area contributed by atoms with Gasteiger partial charge in [0.25, 0.3) is 0 Å². The molecule has 1 heterocycles. The summed E-state index contributed by atoms with van der Waals surface area (Å²) in [6, 6.07) is 7.81. The van der Waals surface area contributed by atoms with Crippen LogP contribution in [-0.4, -0.2) is 18.7 Å². The summed E-state index contributed by atoms with van der Waals surface area (Å²) in [7, 11) is 1.61. The molecule has 0 amide bonds. The van der Waals surface area contributed by atoms with Crippen LogP contribution in [0.25, 0.3) is 10.6 Å². The molecule has 19 heavy (non-hydrogen) atoms. The van der Waals surface area contributed by atoms with Crippen molar-refractivity contribution < 1.29 is 9.47 Å². The molecule has 0 aliphatic heterocycles. The molecule has 0 radical (unpaired) electrons. The number of hydrogen-bond acceptors (Lipinski definition) is 5. The molecule has 0 bridgehead atoms. The molecule has 0 saturated carbocycles. The van der Waals surface area contributed by atoms with Crippen LogP contribution in [0.4, 0.5) is 0 Å². The van der Waals surface area contributed by atoms with Gasteiger partial charge in [-0.1, -0.05) is 6.07 Å². The normalized spacial score (nSPS) is 10.0. The maximum atomic E-state index is 9.02. The zero-order valence-corrected chi connectivity index (χ0v) is 11.9. The third-order valence-corrected chi connectivity index (χ3v) is 3.71. The van der Waals surface area contributed by atoms with Crippen LogP contribution >= 0.6 is 11.3 Å². The number of rotatable bonds is 4. The first-order valence-electron chi connectivity index (χ1n) is 5.89. The van der Waals surface area contributed by atoms with Crippen molar-refractivity contribution in [2.45, 2.75) is 13.8 Å². The van der Waals surface area contributed by atoms with Crippen LogP contribution < -0.4 is 9.47 Å². The van der Waals surface area contributed by atoms with E-state index in [1.54, 1.807) is 7.11 Å². The highest BCUT2D eigenvalue weighted by Crippen LogP contribution is 2.40. The molecule has 4 nitrogen and oxygen atoms in total. The Hall–Kier alpha value is -2.06. The quantitative estimate of drug-likeness (QED) is 0.857. The van der Waals surface area contributed by atoms with Gasteiger partial charge in [0.1, 0.15) is 16.0 Å². The fourth-order valence-corrected chi connectivity index (χ4v) is 2.64. The number of methoxy groups -OCH3 is 1. The summed E-state index contributed by atoms with van der Waals surface area (Å²) in [4.78, 5) is 5.06. The molecular weight excluding hydrogens is 260 g/mol. The lowest BCUT2D eigenvalue weighted by atomic mass is 10.2. The van der Waals surface area contributed by atoms with Gasteiger partial charge in [-0.15, -0.1) is 11.3 Å². The van der Waals surface area contributed by atoms with E-state index in [0.717, 1.165) is 16.3 Å². The first-order chi connectivity index (χ1) is 9.21. The lowest BCUT2D eigenvalue weighted by Crippen LogP contribution is -1.97. The Balaban J connectivity index is 2.57. The highest BCUT2D eigenvalue weighted by molar-refractivity contribution is 7.15. The van der Waals surface area contributed by atoms with Gasteiger partial charge in [-0.3, -0.25) is 0 Å². The first-order valence-corrected chi connectivity index (χ1v) is 6.70. The van der Waals surface area contributed by atoms with Gasteiger partial charge in [0.15, 0.2) is 11.5 Å². The molecule has 0 saturated heterocycles. The summed E-state index contributed by atoms with van der Waals surface area (Å²) < 4.78 is 11.0. The highest BCUT2D eigenvalue weighted by Gasteiger charge is 2.16. The van der Waals surface area contributed by atoms with Gasteiger partial charge >= 0.3 is 0 Å². The van der Waals surface area contributed by atoms with E-state index in [1.807, 2.05) is 32.0 Å². The number of para-hydroxylation sites is 1. The summed E-state index contributed by atoms with van der Waals surface area (Å²) >= 11 is 1.36. The van der Waals surface area contributed by atoms with Crippen LogP contribution in [0.15, 0.2) is 18.2 Å². The molecule has 0 aliphatic rings. The number of ether oxygens (including phenoxy) is 2. The van der Waals surface area contributed by atoms with Gasteiger partial charge in [0.05, 0.1) is 25.0 Å². The number of aromatic nitrogens is 1. The fraction of sp³-hybridized carbons (Fsp3) is 0.286. The molecule has 98 valence electrons. The van der Waals surface area contributed by atoms with Gasteiger partial charge in [-0.2, -0.15) is 5.26 Å². The lowest BCUT2D eigenvalue weighted by molar-refractivity contribution is 0.312. The standard InChI is InChI=1S/C14H14N2O2S/c1-4-18-13-10(6-5-7-11(13)17-3)14-16-9(2)12(8-15)19-14/h5-7H,4H2,1-3H3. The SMILES string of the molecule is CCOc1c(OC)cccc1-c1nc(C)c(C#N)s1. The Kier molecular flexibility index (Phi) is 4.03. The predicted molar refractivity (Wildman–Crippen MR) is 74.7 cm³/mol. The van der Waals surface area contributed by atoms with E-state index in [0.29, 0.717) is 23.0 Å². The number of nitrogens with zero attached hydrogens (tertiary/aromatic N) is 2. The molecule has 0 atom stereocenters. The highest BCUT2D eigenvalue weighted by atomic mass is 32.1. The van der Waals surface area contributed by atoms with Crippen LogP contribution in [0.5, 0.6) is 11.5 Å². The van der Waals surface area contributed by atoms with E-state index < -0.39 is 0 Å². The summed E-state index contributed by atoms with van der Waals surface area (Å²) in [5, 5.41) is 9.79. The van der Waals surface area contributed by atoms with Gasteiger partial charge in [0, 0.05) is 0 Å². The molecule has 0 unspecified atom stereocenters. The molecule has 0 fully saturated rings. The summed E-state index contributed by atoms with van der Waals surface area (Å²) in [5.41, 5.74) is 1.60. The monoisotopic (exact) mass is 274 g/mol. The maximum absolute atomic E-state index is 9.02. The molecule has 1 aromatic carbocycles. The van der Waals surface area contributed by atoms with Gasteiger partial charge in [-0.25, -0.2) is 4.98 Å². The second-order valence-corrected chi connectivity index (χ2v) is 4.81. The van der Waals surface area contributed by atoms with E-state index in [-0.39, 0.29) is 0 Å². The average molecular weight is 274 g/mol. The average Bonchev–Trinajstić information content (AvgIpc) is 2.80. The fourth-order valence-electron chi connectivity index (χ4n) is 1.75. The smallest absolute Gasteiger partial charge is 0.171 e. The lowest BCUT2D eigenvalue weighted by Gasteiger charge is -2.12. The summed E-state index contributed by atoms with van der Waals surface area (Å²) in [6.07, 6.45) is 0. The zero-order chi connectivity index (χ0) is 13.8. The largest absolute Gasteiger partial charge is 0.493 e. The van der Waals surface area contributed by atoms with Crippen molar-refractivity contribution in [1.82, 2.24) is 4.98 Å². The van der Waals surface area contributed by atoms with Crippen LogP contribution in [-0.2, 0) is 0 Å². The minimum Gasteiger partial charge on any atom is -0.493 e. The number of hydrogen-bond donors (Lipinski definition) is 0. The topological polar surface area (TPSA) is 55.1 Å². The van der Waals surface area contributed by atoms with Crippen LogP contribution in [0.2, 0.25) is 0 Å². The Morgan fingerprint density at radius 2 is 2.21 bits per heavy atom. The third kappa shape index (κ3) is 2.54. The minimum absolute atomic E-state index is 0.544. The van der Waals surface area contributed by atoms with E-state index in [4.69, 9.17) is 14.7 Å². The number of thiazole rings is 1. The molecule has 0 aliphatic carbocycles. The second-order valence-electron chi connectivity index (χ2n) is 3.82. The predicted octanol–water partition coefficient (Wildman–Crippen LogP) is 3.40. The van der Waals surface area contributed by atoms with Crippen molar-refractivity contribution in [3.05, 3.63) is 28.8 Å². The van der Waals surface area contributed by atoms with Gasteiger partial charge < -0.3 is 9.47 Å². The van der Waals surface area contributed by atoms with Crippen molar-refractivity contribution >= 4 is 11.3 Å². The van der Waals surface area contributed by atoms with E-state index in [9.17, 15) is 0 Å². The molecular formula is C14H14N2O2S. The van der Waals surface area contributed by atoms with Crippen molar-refractivity contribution in [3.63, 3.8) is 0 Å². The maximum Gasteiger partial charge on any atom is 0.171 e. The number of nitriles is 1. The van der Waals surface area contributed by atoms with Crippen LogP contribution in [0.1, 0.15) is 17.5 Å². The van der Waals surface area contributed by atoms with Gasteiger partial charge in [0.2, 0.25) is 0 Å². The van der Waals surface area contributed by atoms with Crippen molar-refractivity contribution in [1.29, 1.82) is 5.26 Å². The van der Waals surface area contributed by atoms with Crippen molar-refractivity contribution in [2.75, 3.05) is 13.7 Å². The second kappa shape index (κ2) is 5.72. The van der Waals surface area contributed by atoms with Crippen molar-refractivity contribution in [2.24, 2.45) is 0 Å². The summed E-state index contributed by atoms with van der Waals surface area (Å²) in [6.45, 7) is 4.30. The van der Waals surface area contributed by atoms with Gasteiger partial charge in [-0.05, 0) is 26.0 Å². The molecule has 2 rings (SSSR count). The Bertz CT molecular complexity index is 629. The van der Waals surface area contributed by atoms with E-state index >= 15 is 0 Å². The Morgan fingerprint density at radius 3 is 2.79 bits per heavy atom. The van der Waals surface area contributed by atoms with Crippen molar-refractivity contribution in [3.8, 4) is 28.1 Å². The molecule has 5 heteroatoms. The van der Waals surface area contributed by atoms with E-state index in [2.05, 4.69) is 11.1 Å². The number of aryl methyl sites for hydroxylation is 1. The Morgan fingerprint density at radius 1 is 1.42 bits per heavy atom. The minimum atomic E-state index is 0.544. The summed E-state index contributed by atoms with van der Waals surface area (Å²) in [5.74, 6) is 1.34. The molecule has 0 spiro atoms. The third-order valence-electron chi connectivity index (χ3n) is 2.62. The zero-order valence-electron chi connectivity index (χ0n) is 11.1.